The van der Waals surface area contributed by atoms with Crippen molar-refractivity contribution in [3.63, 3.8) is 0 Å². The molecule has 10 heteroatoms. The number of carbonyl (C=O) groups excluding carboxylic acids is 1. The molecule has 2 aromatic carbocycles. The monoisotopic (exact) mass is 556 g/mol. The van der Waals surface area contributed by atoms with Gasteiger partial charge in [0, 0.05) is 23.1 Å². The Morgan fingerprint density at radius 3 is 2.59 bits per heavy atom. The molecule has 1 atom stereocenters. The molecule has 1 aliphatic rings. The van der Waals surface area contributed by atoms with Crippen molar-refractivity contribution in [3.8, 4) is 23.0 Å². The summed E-state index contributed by atoms with van der Waals surface area (Å²) in [5, 5.41) is 13.6. The van der Waals surface area contributed by atoms with Gasteiger partial charge in [0.25, 0.3) is 5.91 Å². The second kappa shape index (κ2) is 12.5. The third-order valence-electron chi connectivity index (χ3n) is 6.39. The van der Waals surface area contributed by atoms with E-state index in [1.807, 2.05) is 38.1 Å². The molecule has 1 aromatic heterocycles. The number of nitrogens with zero attached hydrogens (tertiary/aromatic N) is 1. The third-order valence-corrected chi connectivity index (χ3v) is 6.65. The molecule has 2 heterocycles. The zero-order chi connectivity index (χ0) is 28.0. The summed E-state index contributed by atoms with van der Waals surface area (Å²) in [7, 11) is 3.13. The van der Waals surface area contributed by atoms with Gasteiger partial charge in [-0.1, -0.05) is 37.6 Å². The number of hydrogen-bond acceptors (Lipinski definition) is 8. The van der Waals surface area contributed by atoms with E-state index in [1.54, 1.807) is 31.4 Å². The van der Waals surface area contributed by atoms with E-state index in [2.05, 4.69) is 10.3 Å². The number of aliphatic hydroxyl groups is 1. The number of rotatable bonds is 12. The quantitative estimate of drug-likeness (QED) is 0.248. The average Bonchev–Trinajstić information content (AvgIpc) is 3.26. The Balaban J connectivity index is 1.28. The predicted octanol–water partition coefficient (Wildman–Crippen LogP) is 4.48. The van der Waals surface area contributed by atoms with Crippen LogP contribution in [-0.4, -0.2) is 56.6 Å². The number of fused-ring (bicyclic) bond motifs is 1. The summed E-state index contributed by atoms with van der Waals surface area (Å²) >= 11 is 6.27. The van der Waals surface area contributed by atoms with Gasteiger partial charge in [-0.2, -0.15) is 0 Å². The molecule has 1 amide bonds. The third kappa shape index (κ3) is 6.92. The molecule has 0 bridgehead atoms. The summed E-state index contributed by atoms with van der Waals surface area (Å²) in [4.78, 5) is 17.0. The second-order valence-electron chi connectivity index (χ2n) is 9.73. The van der Waals surface area contributed by atoms with E-state index >= 15 is 0 Å². The molecule has 2 N–H and O–H groups in total. The van der Waals surface area contributed by atoms with Gasteiger partial charge in [0.15, 0.2) is 22.4 Å². The number of aromatic nitrogens is 1. The molecule has 0 spiro atoms. The van der Waals surface area contributed by atoms with Gasteiger partial charge in [-0.05, 0) is 42.0 Å². The van der Waals surface area contributed by atoms with Crippen molar-refractivity contribution >= 4 is 17.5 Å². The minimum Gasteiger partial charge on any atom is -0.497 e. The Morgan fingerprint density at radius 1 is 1.10 bits per heavy atom. The molecule has 4 rings (SSSR count). The zero-order valence-corrected chi connectivity index (χ0v) is 23.2. The Bertz CT molecular complexity index is 1300. The van der Waals surface area contributed by atoms with Gasteiger partial charge < -0.3 is 34.1 Å². The predicted molar refractivity (Wildman–Crippen MR) is 146 cm³/mol. The minimum atomic E-state index is -1.05. The fourth-order valence-corrected chi connectivity index (χ4v) is 4.36. The first kappa shape index (κ1) is 28.5. The highest BCUT2D eigenvalue weighted by Gasteiger charge is 2.35. The molecule has 0 saturated heterocycles. The highest BCUT2D eigenvalue weighted by Crippen LogP contribution is 2.43. The summed E-state index contributed by atoms with van der Waals surface area (Å²) in [6.07, 6.45) is -1.05. The number of pyridine rings is 1. The standard InChI is InChI=1S/C29H33ClN2O7/c1-29(2)17-39-26-21(29)14-22(32-27(26)30)23(33)15-31-28(34)19-7-10-24(25(13-19)36-4)38-12-11-37-16-18-5-8-20(35-3)9-6-18/h5-10,13-14,23,33H,11-12,15-17H2,1-4H3,(H,31,34). The first-order valence-corrected chi connectivity index (χ1v) is 12.9. The molecule has 208 valence electrons. The number of carbonyl (C=O) groups is 1. The van der Waals surface area contributed by atoms with E-state index in [-0.39, 0.29) is 23.0 Å². The van der Waals surface area contributed by atoms with Gasteiger partial charge in [0.1, 0.15) is 18.5 Å². The minimum absolute atomic E-state index is 0.0473. The van der Waals surface area contributed by atoms with Gasteiger partial charge in [-0.25, -0.2) is 4.98 Å². The van der Waals surface area contributed by atoms with Gasteiger partial charge in [-0.3, -0.25) is 4.79 Å². The van der Waals surface area contributed by atoms with Gasteiger partial charge in [-0.15, -0.1) is 0 Å². The summed E-state index contributed by atoms with van der Waals surface area (Å²) in [5.41, 5.74) is 2.39. The molecule has 0 radical (unpaired) electrons. The van der Waals surface area contributed by atoms with Gasteiger partial charge >= 0.3 is 0 Å². The number of aliphatic hydroxyl groups excluding tert-OH is 1. The van der Waals surface area contributed by atoms with Crippen LogP contribution in [0.4, 0.5) is 0 Å². The molecule has 1 aliphatic heterocycles. The Labute approximate surface area is 233 Å². The van der Waals surface area contributed by atoms with E-state index in [9.17, 15) is 9.90 Å². The molecule has 1 unspecified atom stereocenters. The highest BCUT2D eigenvalue weighted by molar-refractivity contribution is 6.31. The molecule has 3 aromatic rings. The van der Waals surface area contributed by atoms with E-state index < -0.39 is 6.10 Å². The van der Waals surface area contributed by atoms with Crippen LogP contribution in [0.1, 0.15) is 47.1 Å². The summed E-state index contributed by atoms with van der Waals surface area (Å²) in [5.74, 6) is 1.86. The van der Waals surface area contributed by atoms with Crippen molar-refractivity contribution in [2.75, 3.05) is 40.6 Å². The van der Waals surface area contributed by atoms with Crippen molar-refractivity contribution in [2.24, 2.45) is 0 Å². The van der Waals surface area contributed by atoms with Crippen LogP contribution in [-0.2, 0) is 16.8 Å². The number of ether oxygens (including phenoxy) is 5. The number of methoxy groups -OCH3 is 2. The summed E-state index contributed by atoms with van der Waals surface area (Å²) in [6, 6.07) is 14.3. The number of nitrogens with one attached hydrogen (secondary N) is 1. The van der Waals surface area contributed by atoms with E-state index in [0.29, 0.717) is 54.9 Å². The maximum atomic E-state index is 12.8. The van der Waals surface area contributed by atoms with Crippen molar-refractivity contribution < 1.29 is 33.6 Å². The van der Waals surface area contributed by atoms with Gasteiger partial charge in [0.05, 0.1) is 39.7 Å². The van der Waals surface area contributed by atoms with E-state index in [4.69, 9.17) is 35.3 Å². The SMILES string of the molecule is COc1ccc(COCCOc2ccc(C(=O)NCC(O)c3cc4c(c(Cl)n3)OCC4(C)C)cc2OC)cc1. The van der Waals surface area contributed by atoms with Crippen LogP contribution in [0.2, 0.25) is 5.15 Å². The van der Waals surface area contributed by atoms with Crippen molar-refractivity contribution in [1.29, 1.82) is 0 Å². The number of halogens is 1. The Morgan fingerprint density at radius 2 is 1.87 bits per heavy atom. The fourth-order valence-electron chi connectivity index (χ4n) is 4.11. The molecule has 9 nitrogen and oxygen atoms in total. The Hall–Kier alpha value is -3.53. The molecule has 0 fully saturated rings. The lowest BCUT2D eigenvalue weighted by Crippen LogP contribution is -2.29. The zero-order valence-electron chi connectivity index (χ0n) is 22.5. The lowest BCUT2D eigenvalue weighted by atomic mass is 9.87. The van der Waals surface area contributed by atoms with Gasteiger partial charge in [0.2, 0.25) is 0 Å². The van der Waals surface area contributed by atoms with Crippen molar-refractivity contribution in [1.82, 2.24) is 10.3 Å². The number of hydrogen-bond donors (Lipinski definition) is 2. The van der Waals surface area contributed by atoms with E-state index in [1.165, 1.54) is 7.11 Å². The Kier molecular flexibility index (Phi) is 9.16. The van der Waals surface area contributed by atoms with Crippen LogP contribution in [0, 0.1) is 0 Å². The summed E-state index contributed by atoms with van der Waals surface area (Å²) < 4.78 is 27.7. The normalized spacial score (nSPS) is 14.2. The van der Waals surface area contributed by atoms with Crippen LogP contribution >= 0.6 is 11.6 Å². The smallest absolute Gasteiger partial charge is 0.251 e. The topological polar surface area (TPSA) is 108 Å². The van der Waals surface area contributed by atoms with Crippen LogP contribution in [0.3, 0.4) is 0 Å². The van der Waals surface area contributed by atoms with Crippen molar-refractivity contribution in [2.45, 2.75) is 32.0 Å². The molecule has 39 heavy (non-hydrogen) atoms. The number of benzene rings is 2. The van der Waals surface area contributed by atoms with E-state index in [0.717, 1.165) is 16.9 Å². The number of amides is 1. The average molecular weight is 557 g/mol. The largest absolute Gasteiger partial charge is 0.497 e. The molecule has 0 saturated carbocycles. The van der Waals surface area contributed by atoms with Crippen molar-refractivity contribution in [3.05, 3.63) is 76.1 Å². The highest BCUT2D eigenvalue weighted by atomic mass is 35.5. The maximum absolute atomic E-state index is 12.8. The second-order valence-corrected chi connectivity index (χ2v) is 10.1. The lowest BCUT2D eigenvalue weighted by Gasteiger charge is -2.18. The first-order chi connectivity index (χ1) is 18.7. The summed E-state index contributed by atoms with van der Waals surface area (Å²) in [6.45, 7) is 5.63. The molecular weight excluding hydrogens is 524 g/mol. The molecular formula is C29H33ClN2O7. The van der Waals surface area contributed by atoms with Crippen LogP contribution in [0.15, 0.2) is 48.5 Å². The first-order valence-electron chi connectivity index (χ1n) is 12.5. The lowest BCUT2D eigenvalue weighted by molar-refractivity contribution is 0.0877. The fraction of sp³-hybridized carbons (Fsp3) is 0.379. The van der Waals surface area contributed by atoms with Crippen LogP contribution in [0.5, 0.6) is 23.0 Å². The van der Waals surface area contributed by atoms with Crippen LogP contribution < -0.4 is 24.3 Å². The molecule has 0 aliphatic carbocycles. The van der Waals surface area contributed by atoms with Crippen LogP contribution in [0.25, 0.3) is 0 Å². The maximum Gasteiger partial charge on any atom is 0.251 e.